The van der Waals surface area contributed by atoms with E-state index in [0.29, 0.717) is 10.3 Å². The van der Waals surface area contributed by atoms with Crippen LogP contribution in [-0.2, 0) is 0 Å². The van der Waals surface area contributed by atoms with Crippen LogP contribution >= 0.6 is 23.2 Å². The minimum atomic E-state index is 0.338. The summed E-state index contributed by atoms with van der Waals surface area (Å²) in [6, 6.07) is 1.77. The number of nitrogens with zero attached hydrogens (tertiary/aromatic N) is 3. The van der Waals surface area contributed by atoms with Gasteiger partial charge >= 0.3 is 0 Å². The average Bonchev–Trinajstić information content (AvgIpc) is 2.12. The van der Waals surface area contributed by atoms with Gasteiger partial charge in [-0.15, -0.1) is 10.2 Å². The van der Waals surface area contributed by atoms with E-state index in [2.05, 4.69) is 15.2 Å². The van der Waals surface area contributed by atoms with Crippen LogP contribution in [0.1, 0.15) is 5.69 Å². The molecule has 0 bridgehead atoms. The fraction of sp³-hybridized carbons (Fsp3) is 0.125. The third-order valence-corrected chi connectivity index (χ3v) is 2.34. The Hall–Kier alpha value is -0.930. The largest absolute Gasteiger partial charge is 0.261 e. The fourth-order valence-corrected chi connectivity index (χ4v) is 1.66. The standard InChI is InChI=1S/C8H5Cl2N3/c1-4-6-5(2-3-11-4)7(9)12-13-8(6)10/h2-3H,1H3. The summed E-state index contributed by atoms with van der Waals surface area (Å²) in [5.41, 5.74) is 0.805. The Kier molecular flexibility index (Phi) is 2.06. The predicted octanol–water partition coefficient (Wildman–Crippen LogP) is 2.64. The van der Waals surface area contributed by atoms with E-state index in [1.54, 1.807) is 12.3 Å². The monoisotopic (exact) mass is 213 g/mol. The van der Waals surface area contributed by atoms with Crippen molar-refractivity contribution in [1.82, 2.24) is 15.2 Å². The van der Waals surface area contributed by atoms with Crippen molar-refractivity contribution in [1.29, 1.82) is 0 Å². The summed E-state index contributed by atoms with van der Waals surface area (Å²) in [6.45, 7) is 1.85. The number of fused-ring (bicyclic) bond motifs is 1. The van der Waals surface area contributed by atoms with Crippen LogP contribution < -0.4 is 0 Å². The minimum absolute atomic E-state index is 0.338. The zero-order chi connectivity index (χ0) is 9.42. The lowest BCUT2D eigenvalue weighted by molar-refractivity contribution is 1.04. The van der Waals surface area contributed by atoms with Gasteiger partial charge in [0, 0.05) is 22.7 Å². The van der Waals surface area contributed by atoms with Gasteiger partial charge in [-0.25, -0.2) is 0 Å². The molecule has 0 saturated carbocycles. The second-order valence-corrected chi connectivity index (χ2v) is 3.32. The Morgan fingerprint density at radius 1 is 1.15 bits per heavy atom. The van der Waals surface area contributed by atoms with Crippen molar-refractivity contribution in [3.8, 4) is 0 Å². The van der Waals surface area contributed by atoms with Gasteiger partial charge in [-0.1, -0.05) is 23.2 Å². The summed E-state index contributed by atoms with van der Waals surface area (Å²) in [4.78, 5) is 4.10. The Balaban J connectivity index is 3.00. The topological polar surface area (TPSA) is 38.7 Å². The summed E-state index contributed by atoms with van der Waals surface area (Å²) in [5, 5.41) is 9.66. The number of pyridine rings is 1. The molecule has 0 radical (unpaired) electrons. The SMILES string of the molecule is Cc1nccc2c(Cl)nnc(Cl)c12. The lowest BCUT2D eigenvalue weighted by Crippen LogP contribution is -1.90. The van der Waals surface area contributed by atoms with Crippen molar-refractivity contribution in [2.75, 3.05) is 0 Å². The molecule has 0 spiro atoms. The molecule has 0 saturated heterocycles. The molecule has 0 N–H and O–H groups in total. The molecule has 0 aliphatic rings. The van der Waals surface area contributed by atoms with Gasteiger partial charge in [0.2, 0.25) is 0 Å². The molecule has 2 aromatic heterocycles. The van der Waals surface area contributed by atoms with Gasteiger partial charge in [0.15, 0.2) is 10.3 Å². The lowest BCUT2D eigenvalue weighted by atomic mass is 10.2. The first kappa shape index (κ1) is 8.66. The highest BCUT2D eigenvalue weighted by molar-refractivity contribution is 6.38. The van der Waals surface area contributed by atoms with Gasteiger partial charge in [0.25, 0.3) is 0 Å². The molecule has 66 valence electrons. The van der Waals surface area contributed by atoms with Crippen molar-refractivity contribution in [3.63, 3.8) is 0 Å². The van der Waals surface area contributed by atoms with E-state index in [1.165, 1.54) is 0 Å². The van der Waals surface area contributed by atoms with Gasteiger partial charge in [-0.2, -0.15) is 0 Å². The normalized spacial score (nSPS) is 10.7. The molecule has 0 aliphatic heterocycles. The number of halogens is 2. The quantitative estimate of drug-likeness (QED) is 0.676. The second-order valence-electron chi connectivity index (χ2n) is 2.60. The summed E-state index contributed by atoms with van der Waals surface area (Å²) in [5.74, 6) is 0. The molecule has 0 aromatic carbocycles. The first-order valence-corrected chi connectivity index (χ1v) is 4.38. The third kappa shape index (κ3) is 1.34. The van der Waals surface area contributed by atoms with Crippen LogP contribution in [0.4, 0.5) is 0 Å². The third-order valence-electron chi connectivity index (χ3n) is 1.79. The molecule has 13 heavy (non-hydrogen) atoms. The van der Waals surface area contributed by atoms with Crippen molar-refractivity contribution in [2.24, 2.45) is 0 Å². The first-order valence-electron chi connectivity index (χ1n) is 3.63. The summed E-state index contributed by atoms with van der Waals surface area (Å²) in [6.07, 6.45) is 1.67. The zero-order valence-electron chi connectivity index (χ0n) is 6.75. The van der Waals surface area contributed by atoms with Crippen LogP contribution in [0.5, 0.6) is 0 Å². The van der Waals surface area contributed by atoms with Crippen molar-refractivity contribution in [3.05, 3.63) is 28.3 Å². The van der Waals surface area contributed by atoms with Crippen LogP contribution in [0.25, 0.3) is 10.8 Å². The van der Waals surface area contributed by atoms with Crippen molar-refractivity contribution >= 4 is 34.0 Å². The van der Waals surface area contributed by atoms with E-state index < -0.39 is 0 Å². The molecular weight excluding hydrogens is 209 g/mol. The molecule has 0 aliphatic carbocycles. The molecule has 2 rings (SSSR count). The molecule has 3 nitrogen and oxygen atoms in total. The minimum Gasteiger partial charge on any atom is -0.261 e. The highest BCUT2D eigenvalue weighted by Crippen LogP contribution is 2.26. The van der Waals surface area contributed by atoms with Gasteiger partial charge in [0.1, 0.15) is 0 Å². The van der Waals surface area contributed by atoms with Crippen LogP contribution in [0.15, 0.2) is 12.3 Å². The van der Waals surface area contributed by atoms with Gasteiger partial charge in [-0.05, 0) is 13.0 Å². The molecule has 0 fully saturated rings. The molecule has 0 amide bonds. The Bertz CT molecular complexity index is 462. The highest BCUT2D eigenvalue weighted by Gasteiger charge is 2.08. The fourth-order valence-electron chi connectivity index (χ4n) is 1.19. The molecule has 5 heteroatoms. The lowest BCUT2D eigenvalue weighted by Gasteiger charge is -2.02. The van der Waals surface area contributed by atoms with Crippen LogP contribution in [-0.4, -0.2) is 15.2 Å². The smallest absolute Gasteiger partial charge is 0.161 e. The molecule has 0 unspecified atom stereocenters. The molecular formula is C8H5Cl2N3. The average molecular weight is 214 g/mol. The zero-order valence-corrected chi connectivity index (χ0v) is 8.26. The maximum Gasteiger partial charge on any atom is 0.161 e. The Morgan fingerprint density at radius 3 is 2.54 bits per heavy atom. The van der Waals surface area contributed by atoms with E-state index in [-0.39, 0.29) is 0 Å². The van der Waals surface area contributed by atoms with E-state index in [0.717, 1.165) is 16.5 Å². The molecule has 2 heterocycles. The maximum atomic E-state index is 5.86. The van der Waals surface area contributed by atoms with Gasteiger partial charge < -0.3 is 0 Å². The molecule has 0 atom stereocenters. The van der Waals surface area contributed by atoms with Crippen LogP contribution in [0, 0.1) is 6.92 Å². The number of hydrogen-bond acceptors (Lipinski definition) is 3. The van der Waals surface area contributed by atoms with E-state index in [4.69, 9.17) is 23.2 Å². The van der Waals surface area contributed by atoms with Gasteiger partial charge in [0.05, 0.1) is 0 Å². The van der Waals surface area contributed by atoms with Crippen molar-refractivity contribution < 1.29 is 0 Å². The van der Waals surface area contributed by atoms with Gasteiger partial charge in [-0.3, -0.25) is 4.98 Å². The van der Waals surface area contributed by atoms with E-state index in [9.17, 15) is 0 Å². The summed E-state index contributed by atoms with van der Waals surface area (Å²) in [7, 11) is 0. The van der Waals surface area contributed by atoms with Crippen LogP contribution in [0.2, 0.25) is 10.3 Å². The Morgan fingerprint density at radius 2 is 1.85 bits per heavy atom. The summed E-state index contributed by atoms with van der Waals surface area (Å²) < 4.78 is 0. The number of aryl methyl sites for hydroxylation is 1. The number of rotatable bonds is 0. The second kappa shape index (κ2) is 3.09. The number of aromatic nitrogens is 3. The predicted molar refractivity (Wildman–Crippen MR) is 52.1 cm³/mol. The maximum absolute atomic E-state index is 5.86. The van der Waals surface area contributed by atoms with Crippen molar-refractivity contribution in [2.45, 2.75) is 6.92 Å². The highest BCUT2D eigenvalue weighted by atomic mass is 35.5. The molecule has 2 aromatic rings. The van der Waals surface area contributed by atoms with E-state index >= 15 is 0 Å². The first-order chi connectivity index (χ1) is 6.20. The number of hydrogen-bond donors (Lipinski definition) is 0. The summed E-state index contributed by atoms with van der Waals surface area (Å²) >= 11 is 11.7. The Labute approximate surface area is 84.7 Å². The van der Waals surface area contributed by atoms with E-state index in [1.807, 2.05) is 6.92 Å². The van der Waals surface area contributed by atoms with Crippen LogP contribution in [0.3, 0.4) is 0 Å².